The van der Waals surface area contributed by atoms with Crippen molar-refractivity contribution in [2.24, 2.45) is 5.73 Å². The molecule has 1 aromatic heterocycles. The van der Waals surface area contributed by atoms with Crippen LogP contribution in [0.25, 0.3) is 0 Å². The Morgan fingerprint density at radius 1 is 1.50 bits per heavy atom. The predicted molar refractivity (Wildman–Crippen MR) is 66.0 cm³/mol. The maximum atomic E-state index is 12.0. The molecule has 0 aliphatic carbocycles. The van der Waals surface area contributed by atoms with E-state index >= 15 is 0 Å². The Bertz CT molecular complexity index is 403. The van der Waals surface area contributed by atoms with Crippen LogP contribution in [0.1, 0.15) is 38.3 Å². The molecule has 0 saturated heterocycles. The minimum Gasteiger partial charge on any atom is -0.480 e. The van der Waals surface area contributed by atoms with Gasteiger partial charge in [0.2, 0.25) is 0 Å². The molecule has 1 aromatic rings. The second kappa shape index (κ2) is 6.30. The maximum Gasteiger partial charge on any atom is 0.331 e. The van der Waals surface area contributed by atoms with Crippen LogP contribution in [-0.4, -0.2) is 32.4 Å². The smallest absolute Gasteiger partial charge is 0.331 e. The third-order valence-electron chi connectivity index (χ3n) is 2.91. The highest BCUT2D eigenvalue weighted by Crippen LogP contribution is 2.15. The molecule has 1 rings (SSSR count). The summed E-state index contributed by atoms with van der Waals surface area (Å²) in [6, 6.07) is 0. The average Bonchev–Trinajstić information content (AvgIpc) is 2.81. The van der Waals surface area contributed by atoms with Gasteiger partial charge in [0.1, 0.15) is 0 Å². The number of nitrogens with zero attached hydrogens (tertiary/aromatic N) is 1. The molecule has 0 spiro atoms. The topological polar surface area (TPSA) is 109 Å². The number of imidazole rings is 1. The van der Waals surface area contributed by atoms with Crippen LogP contribution in [0.4, 0.5) is 0 Å². The maximum absolute atomic E-state index is 12.0. The van der Waals surface area contributed by atoms with Crippen molar-refractivity contribution in [1.29, 1.82) is 0 Å². The zero-order valence-corrected chi connectivity index (χ0v) is 10.5. The summed E-state index contributed by atoms with van der Waals surface area (Å²) in [5.74, 6) is -1.73. The summed E-state index contributed by atoms with van der Waals surface area (Å²) in [5, 5.41) is 9.18. The number of aromatic nitrogens is 2. The number of nitrogens with two attached hydrogens (primary N) is 1. The Kier molecular flexibility index (Phi) is 5.03. The van der Waals surface area contributed by atoms with Gasteiger partial charge in [-0.15, -0.1) is 0 Å². The molecule has 1 heterocycles. The monoisotopic (exact) mass is 253 g/mol. The molecule has 0 radical (unpaired) electrons. The summed E-state index contributed by atoms with van der Waals surface area (Å²) in [6.07, 6.45) is 5.58. The number of aromatic amines is 1. The van der Waals surface area contributed by atoms with Crippen molar-refractivity contribution in [3.05, 3.63) is 18.2 Å². The van der Waals surface area contributed by atoms with Gasteiger partial charge in [-0.2, -0.15) is 0 Å². The number of hydrogen-bond donors (Lipinski definition) is 3. The Morgan fingerprint density at radius 3 is 2.72 bits per heavy atom. The number of carbonyl (C=O) groups is 2. The molecule has 0 aliphatic heterocycles. The van der Waals surface area contributed by atoms with Crippen LogP contribution in [0.3, 0.4) is 0 Å². The van der Waals surface area contributed by atoms with Crippen molar-refractivity contribution in [2.75, 3.05) is 0 Å². The molecule has 6 heteroatoms. The van der Waals surface area contributed by atoms with Crippen molar-refractivity contribution in [2.45, 2.75) is 44.6 Å². The minimum absolute atomic E-state index is 0.0622. The standard InChI is InChI=1S/C12H19N3O3/c1-2-3-4-5-10(16)12(13,11(17)18)6-9-7-14-8-15-9/h7-8H,2-6,13H2,1H3,(H,14,15)(H,17,18)/t12-/m1/s1. The first-order valence-electron chi connectivity index (χ1n) is 6.03. The fourth-order valence-corrected chi connectivity index (χ4v) is 1.73. The van der Waals surface area contributed by atoms with E-state index in [1.807, 2.05) is 6.92 Å². The lowest BCUT2D eigenvalue weighted by molar-refractivity contribution is -0.148. The van der Waals surface area contributed by atoms with Crippen molar-refractivity contribution in [1.82, 2.24) is 9.97 Å². The molecule has 0 saturated carbocycles. The molecule has 0 fully saturated rings. The zero-order valence-electron chi connectivity index (χ0n) is 10.5. The molecule has 1 atom stereocenters. The van der Waals surface area contributed by atoms with Crippen molar-refractivity contribution in [3.8, 4) is 0 Å². The predicted octanol–water partition coefficient (Wildman–Crippen LogP) is 0.884. The highest BCUT2D eigenvalue weighted by molar-refractivity contribution is 6.07. The van der Waals surface area contributed by atoms with E-state index in [9.17, 15) is 14.7 Å². The zero-order chi connectivity index (χ0) is 13.6. The van der Waals surface area contributed by atoms with Crippen molar-refractivity contribution in [3.63, 3.8) is 0 Å². The quantitative estimate of drug-likeness (QED) is 0.470. The van der Waals surface area contributed by atoms with Gasteiger partial charge in [0, 0.05) is 24.7 Å². The summed E-state index contributed by atoms with van der Waals surface area (Å²) in [7, 11) is 0. The van der Waals surface area contributed by atoms with Gasteiger partial charge in [0.25, 0.3) is 0 Å². The molecule has 0 aliphatic rings. The van der Waals surface area contributed by atoms with Crippen LogP contribution in [0.15, 0.2) is 12.5 Å². The van der Waals surface area contributed by atoms with Gasteiger partial charge in [0.15, 0.2) is 11.3 Å². The largest absolute Gasteiger partial charge is 0.480 e. The molecule has 0 unspecified atom stereocenters. The number of Topliss-reactive ketones (excluding diaryl/α,β-unsaturated/α-hetero) is 1. The van der Waals surface area contributed by atoms with Gasteiger partial charge in [-0.1, -0.05) is 19.8 Å². The molecule has 18 heavy (non-hydrogen) atoms. The van der Waals surface area contributed by atoms with Gasteiger partial charge in [-0.3, -0.25) is 4.79 Å². The van der Waals surface area contributed by atoms with Gasteiger partial charge >= 0.3 is 5.97 Å². The summed E-state index contributed by atoms with van der Waals surface area (Å²) in [6.45, 7) is 2.02. The molecule has 100 valence electrons. The first kappa shape index (κ1) is 14.4. The number of H-pyrrole nitrogens is 1. The number of hydrogen-bond acceptors (Lipinski definition) is 4. The third-order valence-corrected chi connectivity index (χ3v) is 2.91. The van der Waals surface area contributed by atoms with E-state index in [1.54, 1.807) is 0 Å². The highest BCUT2D eigenvalue weighted by Gasteiger charge is 2.41. The Morgan fingerprint density at radius 2 is 2.22 bits per heavy atom. The summed E-state index contributed by atoms with van der Waals surface area (Å²) < 4.78 is 0. The lowest BCUT2D eigenvalue weighted by Crippen LogP contribution is -2.56. The van der Waals surface area contributed by atoms with Gasteiger partial charge in [-0.25, -0.2) is 9.78 Å². The van der Waals surface area contributed by atoms with Crippen LogP contribution in [0.2, 0.25) is 0 Å². The van der Waals surface area contributed by atoms with Crippen LogP contribution in [0, 0.1) is 0 Å². The van der Waals surface area contributed by atoms with Crippen LogP contribution in [0.5, 0.6) is 0 Å². The summed E-state index contributed by atoms with van der Waals surface area (Å²) in [4.78, 5) is 29.8. The van der Waals surface area contributed by atoms with E-state index in [1.165, 1.54) is 12.5 Å². The van der Waals surface area contributed by atoms with Crippen molar-refractivity contribution < 1.29 is 14.7 Å². The van der Waals surface area contributed by atoms with Crippen LogP contribution >= 0.6 is 0 Å². The highest BCUT2D eigenvalue weighted by atomic mass is 16.4. The Hall–Kier alpha value is -1.69. The number of aliphatic carboxylic acids is 1. The summed E-state index contributed by atoms with van der Waals surface area (Å²) in [5.41, 5.74) is 4.45. The second-order valence-electron chi connectivity index (χ2n) is 4.41. The van der Waals surface area contributed by atoms with Crippen molar-refractivity contribution >= 4 is 11.8 Å². The van der Waals surface area contributed by atoms with E-state index in [-0.39, 0.29) is 12.8 Å². The van der Waals surface area contributed by atoms with E-state index in [2.05, 4.69) is 9.97 Å². The normalized spacial score (nSPS) is 14.1. The molecule has 0 amide bonds. The number of carboxylic acids is 1. The molecule has 0 aromatic carbocycles. The SMILES string of the molecule is CCCCCC(=O)[C@](N)(Cc1cnc[nH]1)C(=O)O. The molecular formula is C12H19N3O3. The average molecular weight is 253 g/mol. The fraction of sp³-hybridized carbons (Fsp3) is 0.583. The van der Waals surface area contributed by atoms with E-state index in [4.69, 9.17) is 5.73 Å². The second-order valence-corrected chi connectivity index (χ2v) is 4.41. The Labute approximate surface area is 106 Å². The number of carboxylic acid groups (broad SMARTS) is 1. The fourth-order valence-electron chi connectivity index (χ4n) is 1.73. The van der Waals surface area contributed by atoms with Crippen LogP contribution in [-0.2, 0) is 16.0 Å². The lowest BCUT2D eigenvalue weighted by atomic mass is 9.87. The first-order valence-corrected chi connectivity index (χ1v) is 6.03. The molecule has 6 nitrogen and oxygen atoms in total. The summed E-state index contributed by atoms with van der Waals surface area (Å²) >= 11 is 0. The first-order chi connectivity index (χ1) is 8.50. The molecule has 4 N–H and O–H groups in total. The number of unbranched alkanes of at least 4 members (excludes halogenated alkanes) is 2. The van der Waals surface area contributed by atoms with Gasteiger partial charge in [-0.05, 0) is 6.42 Å². The minimum atomic E-state index is -1.86. The molecule has 0 bridgehead atoms. The number of rotatable bonds is 8. The number of carbonyl (C=O) groups excluding carboxylic acids is 1. The molecular weight excluding hydrogens is 234 g/mol. The third kappa shape index (κ3) is 3.40. The lowest BCUT2D eigenvalue weighted by Gasteiger charge is -2.22. The number of nitrogens with one attached hydrogen (secondary N) is 1. The van der Waals surface area contributed by atoms with E-state index < -0.39 is 17.3 Å². The van der Waals surface area contributed by atoms with Crippen LogP contribution < -0.4 is 5.73 Å². The number of ketones is 1. The Balaban J connectivity index is 2.73. The van der Waals surface area contributed by atoms with E-state index in [0.29, 0.717) is 12.1 Å². The van der Waals surface area contributed by atoms with E-state index in [0.717, 1.165) is 12.8 Å². The van der Waals surface area contributed by atoms with Gasteiger partial charge in [0.05, 0.1) is 6.33 Å². The van der Waals surface area contributed by atoms with Gasteiger partial charge < -0.3 is 15.8 Å².